The van der Waals surface area contributed by atoms with E-state index >= 15 is 0 Å². The molecule has 0 saturated heterocycles. The highest BCUT2D eigenvalue weighted by Gasteiger charge is 1.98. The summed E-state index contributed by atoms with van der Waals surface area (Å²) in [6.07, 6.45) is 0.579. The third kappa shape index (κ3) is 3.99. The number of hydrogen-bond acceptors (Lipinski definition) is 3. The van der Waals surface area contributed by atoms with Crippen LogP contribution in [0.1, 0.15) is 0 Å². The molecule has 0 aliphatic carbocycles. The van der Waals surface area contributed by atoms with Crippen LogP contribution in [0.25, 0.3) is 0 Å². The van der Waals surface area contributed by atoms with Crippen molar-refractivity contribution in [3.8, 4) is 0 Å². The first-order valence-corrected chi connectivity index (χ1v) is 2.60. The highest BCUT2D eigenvalue weighted by molar-refractivity contribution is 5.83. The van der Waals surface area contributed by atoms with E-state index in [4.69, 9.17) is 5.73 Å². The zero-order chi connectivity index (χ0) is 7.98. The van der Waals surface area contributed by atoms with Crippen LogP contribution in [-0.2, 0) is 9.47 Å². The lowest BCUT2D eigenvalue weighted by molar-refractivity contribution is -0.0484. The Kier molecular flexibility index (Phi) is 4.43. The zero-order valence-electron chi connectivity index (χ0n) is 5.90. The summed E-state index contributed by atoms with van der Waals surface area (Å²) in [7, 11) is 2.86. The van der Waals surface area contributed by atoms with Gasteiger partial charge in [-0.3, -0.25) is 0 Å². The van der Waals surface area contributed by atoms with Crippen molar-refractivity contribution >= 4 is 12.2 Å². The van der Waals surface area contributed by atoms with Gasteiger partial charge in [0.2, 0.25) is 0 Å². The smallest absolute Gasteiger partial charge is 0.338 e. The van der Waals surface area contributed by atoms with Crippen molar-refractivity contribution in [2.24, 2.45) is 10.7 Å². The van der Waals surface area contributed by atoms with Crippen LogP contribution >= 0.6 is 0 Å². The molecule has 0 fully saturated rings. The third-order valence-electron chi connectivity index (χ3n) is 0.788. The number of rotatable bonds is 3. The molecule has 0 saturated carbocycles. The predicted molar refractivity (Wildman–Crippen MR) is 35.9 cm³/mol. The first-order valence-electron chi connectivity index (χ1n) is 2.60. The number of amides is 2. The van der Waals surface area contributed by atoms with Crippen LogP contribution < -0.4 is 5.73 Å². The second-order valence-electron chi connectivity index (χ2n) is 1.46. The number of primary amides is 1. The van der Waals surface area contributed by atoms with E-state index in [1.54, 1.807) is 0 Å². The lowest BCUT2D eigenvalue weighted by Gasteiger charge is -2.04. The molecular weight excluding hydrogens is 136 g/mol. The highest BCUT2D eigenvalue weighted by Crippen LogP contribution is 1.84. The topological polar surface area (TPSA) is 73.9 Å². The van der Waals surface area contributed by atoms with Crippen LogP contribution in [0.4, 0.5) is 4.79 Å². The van der Waals surface area contributed by atoms with Crippen molar-refractivity contribution in [3.05, 3.63) is 0 Å². The quantitative estimate of drug-likeness (QED) is 0.441. The fraction of sp³-hybridized carbons (Fsp3) is 0.600. The number of ether oxygens (including phenoxy) is 2. The fourth-order valence-electron chi connectivity index (χ4n) is 0.352. The molecule has 0 aromatic heterocycles. The van der Waals surface area contributed by atoms with Crippen molar-refractivity contribution in [2.75, 3.05) is 14.2 Å². The number of nitrogens with zero attached hydrogens (tertiary/aromatic N) is 1. The second-order valence-corrected chi connectivity index (χ2v) is 1.46. The van der Waals surface area contributed by atoms with Gasteiger partial charge in [0.25, 0.3) is 0 Å². The van der Waals surface area contributed by atoms with Crippen LogP contribution in [0, 0.1) is 0 Å². The molecule has 5 nitrogen and oxygen atoms in total. The van der Waals surface area contributed by atoms with Gasteiger partial charge in [0.05, 0.1) is 6.21 Å². The van der Waals surface area contributed by atoms with E-state index in [1.807, 2.05) is 0 Å². The van der Waals surface area contributed by atoms with Gasteiger partial charge in [0.15, 0.2) is 6.29 Å². The van der Waals surface area contributed by atoms with Crippen LogP contribution in [0.15, 0.2) is 4.99 Å². The molecule has 0 aliphatic heterocycles. The van der Waals surface area contributed by atoms with Gasteiger partial charge in [-0.2, -0.15) is 0 Å². The summed E-state index contributed by atoms with van der Waals surface area (Å²) >= 11 is 0. The number of nitrogens with two attached hydrogens (primary N) is 1. The highest BCUT2D eigenvalue weighted by atomic mass is 16.7. The summed E-state index contributed by atoms with van der Waals surface area (Å²) in [6, 6.07) is -0.765. The van der Waals surface area contributed by atoms with E-state index in [0.717, 1.165) is 0 Å². The predicted octanol–water partition coefficient (Wildman–Crippen LogP) is -0.245. The molecule has 0 spiro atoms. The molecule has 0 radical (unpaired) electrons. The first-order chi connectivity index (χ1) is 4.70. The zero-order valence-corrected chi connectivity index (χ0v) is 5.90. The van der Waals surface area contributed by atoms with Gasteiger partial charge < -0.3 is 15.2 Å². The number of carbonyl (C=O) groups excluding carboxylic acids is 1. The third-order valence-corrected chi connectivity index (χ3v) is 0.788. The fourth-order valence-corrected chi connectivity index (χ4v) is 0.352. The normalized spacial score (nSPS) is 11.1. The SMILES string of the molecule is COC(C=NC(N)=O)OC. The summed E-state index contributed by atoms with van der Waals surface area (Å²) in [6.45, 7) is 0. The van der Waals surface area contributed by atoms with E-state index in [1.165, 1.54) is 20.4 Å². The van der Waals surface area contributed by atoms with Crippen molar-refractivity contribution in [3.63, 3.8) is 0 Å². The Labute approximate surface area is 58.8 Å². The summed E-state index contributed by atoms with van der Waals surface area (Å²) in [5.41, 5.74) is 4.70. The maximum Gasteiger partial charge on any atom is 0.338 e. The van der Waals surface area contributed by atoms with Gasteiger partial charge >= 0.3 is 6.03 Å². The first kappa shape index (κ1) is 9.06. The standard InChI is InChI=1S/C5H10N2O3/c1-9-4(10-2)3-7-5(6)8/h3-4H,1-2H3,(H2,6,8). The molecule has 0 aromatic rings. The maximum absolute atomic E-state index is 10.0. The Morgan fingerprint density at radius 2 is 2.10 bits per heavy atom. The molecule has 2 N–H and O–H groups in total. The maximum atomic E-state index is 10.0. The van der Waals surface area contributed by atoms with Gasteiger partial charge in [0.1, 0.15) is 0 Å². The molecule has 0 aromatic carbocycles. The molecule has 5 heteroatoms. The Morgan fingerprint density at radius 1 is 1.60 bits per heavy atom. The van der Waals surface area contributed by atoms with Crippen LogP contribution in [0.3, 0.4) is 0 Å². The van der Waals surface area contributed by atoms with Gasteiger partial charge in [-0.1, -0.05) is 0 Å². The lowest BCUT2D eigenvalue weighted by Crippen LogP contribution is -2.16. The molecule has 0 heterocycles. The molecule has 0 unspecified atom stereocenters. The number of carbonyl (C=O) groups is 1. The minimum Gasteiger partial charge on any atom is -0.351 e. The summed E-state index contributed by atoms with van der Waals surface area (Å²) in [4.78, 5) is 13.3. The van der Waals surface area contributed by atoms with Gasteiger partial charge in [-0.05, 0) is 0 Å². The molecule has 0 bridgehead atoms. The summed E-state index contributed by atoms with van der Waals surface area (Å²) in [5.74, 6) is 0. The van der Waals surface area contributed by atoms with Crippen molar-refractivity contribution in [2.45, 2.75) is 6.29 Å². The minimum absolute atomic E-state index is 0.604. The molecular formula is C5H10N2O3. The second kappa shape index (κ2) is 4.89. The van der Waals surface area contributed by atoms with Gasteiger partial charge in [0, 0.05) is 14.2 Å². The van der Waals surface area contributed by atoms with E-state index < -0.39 is 12.3 Å². The summed E-state index contributed by atoms with van der Waals surface area (Å²) in [5, 5.41) is 0. The summed E-state index contributed by atoms with van der Waals surface area (Å²) < 4.78 is 9.34. The number of hydrogen-bond donors (Lipinski definition) is 1. The number of urea groups is 1. The van der Waals surface area contributed by atoms with Crippen molar-refractivity contribution in [1.29, 1.82) is 0 Å². The van der Waals surface area contributed by atoms with Gasteiger partial charge in [-0.15, -0.1) is 0 Å². The van der Waals surface area contributed by atoms with E-state index in [0.29, 0.717) is 0 Å². The monoisotopic (exact) mass is 146 g/mol. The Bertz CT molecular complexity index is 131. The average Bonchev–Trinajstić information content (AvgIpc) is 1.90. The largest absolute Gasteiger partial charge is 0.351 e. The molecule has 58 valence electrons. The average molecular weight is 146 g/mol. The lowest BCUT2D eigenvalue weighted by atomic mass is 10.7. The van der Waals surface area contributed by atoms with E-state index in [2.05, 4.69) is 14.5 Å². The van der Waals surface area contributed by atoms with E-state index in [-0.39, 0.29) is 0 Å². The van der Waals surface area contributed by atoms with Crippen molar-refractivity contribution in [1.82, 2.24) is 0 Å². The van der Waals surface area contributed by atoms with Crippen LogP contribution in [0.5, 0.6) is 0 Å². The van der Waals surface area contributed by atoms with Crippen LogP contribution in [-0.4, -0.2) is 32.8 Å². The minimum atomic E-state index is -0.765. The Morgan fingerprint density at radius 3 is 2.40 bits per heavy atom. The number of methoxy groups -OCH3 is 2. The van der Waals surface area contributed by atoms with E-state index in [9.17, 15) is 4.79 Å². The van der Waals surface area contributed by atoms with Gasteiger partial charge in [-0.25, -0.2) is 9.79 Å². The molecule has 2 amide bonds. The Hall–Kier alpha value is -0.940. The molecule has 10 heavy (non-hydrogen) atoms. The Balaban J connectivity index is 3.72. The van der Waals surface area contributed by atoms with Crippen LogP contribution in [0.2, 0.25) is 0 Å². The molecule has 0 aliphatic rings. The van der Waals surface area contributed by atoms with Crippen molar-refractivity contribution < 1.29 is 14.3 Å². The molecule has 0 rings (SSSR count). The number of aliphatic imine (C=N–C) groups is 1. The molecule has 0 atom stereocenters.